The maximum atomic E-state index is 12.7. The maximum absolute atomic E-state index is 12.7. The highest BCUT2D eigenvalue weighted by Crippen LogP contribution is 2.38. The van der Waals surface area contributed by atoms with Gasteiger partial charge in [0.25, 0.3) is 0 Å². The zero-order chi connectivity index (χ0) is 12.5. The number of benzene rings is 1. The zero-order valence-corrected chi connectivity index (χ0v) is 9.58. The Morgan fingerprint density at radius 2 is 1.69 bits per heavy atom. The fraction of sp³-hybridized carbons (Fsp3) is 0.125. The normalized spacial score (nSPS) is 11.3. The second-order valence-electron chi connectivity index (χ2n) is 2.62. The number of aliphatic carboxylic acids is 1. The number of halogens is 5. The van der Waals surface area contributed by atoms with Gasteiger partial charge in [-0.2, -0.15) is 8.78 Å². The van der Waals surface area contributed by atoms with Crippen molar-refractivity contribution in [1.29, 1.82) is 0 Å². The first-order chi connectivity index (χ1) is 7.24. The lowest BCUT2D eigenvalue weighted by molar-refractivity contribution is -0.210. The Labute approximate surface area is 103 Å². The van der Waals surface area contributed by atoms with Crippen LogP contribution in [0.3, 0.4) is 0 Å². The second kappa shape index (κ2) is 4.61. The van der Waals surface area contributed by atoms with E-state index in [0.29, 0.717) is 0 Å². The summed E-state index contributed by atoms with van der Waals surface area (Å²) in [7, 11) is 0. The molecule has 16 heavy (non-hydrogen) atoms. The van der Waals surface area contributed by atoms with Crippen LogP contribution in [0.15, 0.2) is 12.1 Å². The van der Waals surface area contributed by atoms with Gasteiger partial charge in [0.1, 0.15) is 0 Å². The minimum atomic E-state index is -4.42. The second-order valence-corrected chi connectivity index (χ2v) is 3.87. The Balaban J connectivity index is 3.11. The molecule has 1 rings (SSSR count). The van der Waals surface area contributed by atoms with Gasteiger partial charge in [-0.3, -0.25) is 0 Å². The molecule has 1 aromatic carbocycles. The number of alkyl halides is 2. The van der Waals surface area contributed by atoms with Gasteiger partial charge in [0.2, 0.25) is 0 Å². The first-order valence-corrected chi connectivity index (χ1v) is 4.82. The molecule has 0 radical (unpaired) electrons. The Bertz CT molecular complexity index is 414. The first-order valence-electron chi connectivity index (χ1n) is 3.69. The van der Waals surface area contributed by atoms with Crippen LogP contribution in [0.2, 0.25) is 15.1 Å². The molecule has 0 fully saturated rings. The molecule has 1 N–H and O–H groups in total. The van der Waals surface area contributed by atoms with Gasteiger partial charge in [-0.1, -0.05) is 34.8 Å². The summed E-state index contributed by atoms with van der Waals surface area (Å²) in [6.07, 6.45) is -4.42. The van der Waals surface area contributed by atoms with E-state index < -0.39 is 17.8 Å². The van der Waals surface area contributed by atoms with Crippen molar-refractivity contribution in [3.63, 3.8) is 0 Å². The summed E-state index contributed by atoms with van der Waals surface area (Å²) in [5, 5.41) is 7.65. The van der Waals surface area contributed by atoms with E-state index in [9.17, 15) is 13.6 Å². The monoisotopic (exact) mass is 290 g/mol. The zero-order valence-electron chi connectivity index (χ0n) is 7.31. The van der Waals surface area contributed by atoms with E-state index in [2.05, 4.69) is 4.74 Å². The van der Waals surface area contributed by atoms with Crippen LogP contribution in [-0.4, -0.2) is 17.2 Å². The molecule has 0 amide bonds. The van der Waals surface area contributed by atoms with Crippen LogP contribution in [0.1, 0.15) is 0 Å². The van der Waals surface area contributed by atoms with Gasteiger partial charge in [-0.05, 0) is 12.1 Å². The summed E-state index contributed by atoms with van der Waals surface area (Å²) < 4.78 is 29.4. The van der Waals surface area contributed by atoms with Gasteiger partial charge >= 0.3 is 12.1 Å². The molecular formula is C8H3Cl3F2O3. The van der Waals surface area contributed by atoms with Gasteiger partial charge < -0.3 is 9.84 Å². The van der Waals surface area contributed by atoms with Gasteiger partial charge in [0.05, 0.1) is 10.0 Å². The van der Waals surface area contributed by atoms with Crippen molar-refractivity contribution in [2.75, 3.05) is 0 Å². The minimum absolute atomic E-state index is 0.112. The predicted molar refractivity (Wildman–Crippen MR) is 54.7 cm³/mol. The lowest BCUT2D eigenvalue weighted by Crippen LogP contribution is -2.35. The molecule has 0 unspecified atom stereocenters. The van der Waals surface area contributed by atoms with Crippen LogP contribution in [0, 0.1) is 0 Å². The van der Waals surface area contributed by atoms with Gasteiger partial charge in [0, 0.05) is 5.02 Å². The van der Waals surface area contributed by atoms with Crippen LogP contribution in [-0.2, 0) is 4.79 Å². The van der Waals surface area contributed by atoms with Crippen molar-refractivity contribution in [3.05, 3.63) is 27.2 Å². The average Bonchev–Trinajstić information content (AvgIpc) is 2.11. The van der Waals surface area contributed by atoms with Crippen LogP contribution < -0.4 is 4.74 Å². The fourth-order valence-electron chi connectivity index (χ4n) is 0.798. The highest BCUT2D eigenvalue weighted by Gasteiger charge is 2.43. The van der Waals surface area contributed by atoms with E-state index in [1.54, 1.807) is 0 Å². The van der Waals surface area contributed by atoms with Gasteiger partial charge in [-0.25, -0.2) is 4.79 Å². The number of carbonyl (C=O) groups is 1. The lowest BCUT2D eigenvalue weighted by Gasteiger charge is -2.15. The standard InChI is InChI=1S/C8H3Cl3F2O3/c9-3-1-4(10)6(5(11)2-3)16-8(12,13)7(14)15/h1-2H,(H,14,15). The van der Waals surface area contributed by atoms with Crippen molar-refractivity contribution in [2.24, 2.45) is 0 Å². The Kier molecular flexibility index (Phi) is 3.83. The van der Waals surface area contributed by atoms with Crippen molar-refractivity contribution >= 4 is 40.8 Å². The molecule has 8 heteroatoms. The fourth-order valence-corrected chi connectivity index (χ4v) is 1.69. The third-order valence-corrected chi connectivity index (χ3v) is 2.22. The minimum Gasteiger partial charge on any atom is -0.474 e. The first kappa shape index (κ1) is 13.3. The molecule has 0 bridgehead atoms. The molecule has 0 aliphatic rings. The number of hydrogen-bond donors (Lipinski definition) is 1. The summed E-state index contributed by atoms with van der Waals surface area (Å²) >= 11 is 16.6. The largest absolute Gasteiger partial charge is 0.502 e. The molecule has 0 saturated carbocycles. The Morgan fingerprint density at radius 1 is 1.25 bits per heavy atom. The molecule has 0 aliphatic carbocycles. The summed E-state index contributed by atoms with van der Waals surface area (Å²) in [4.78, 5) is 10.1. The Hall–Kier alpha value is -0.780. The van der Waals surface area contributed by atoms with E-state index in [1.807, 2.05) is 0 Å². The molecule has 0 atom stereocenters. The molecule has 0 heterocycles. The average molecular weight is 291 g/mol. The van der Waals surface area contributed by atoms with E-state index >= 15 is 0 Å². The summed E-state index contributed by atoms with van der Waals surface area (Å²) in [5.41, 5.74) is 0. The van der Waals surface area contributed by atoms with E-state index in [4.69, 9.17) is 39.9 Å². The number of hydrogen-bond acceptors (Lipinski definition) is 2. The molecular weight excluding hydrogens is 288 g/mol. The molecule has 0 spiro atoms. The SMILES string of the molecule is O=C(O)C(F)(F)Oc1c(Cl)cc(Cl)cc1Cl. The maximum Gasteiger partial charge on any atom is 0.502 e. The molecule has 0 aliphatic heterocycles. The third-order valence-electron chi connectivity index (χ3n) is 1.44. The highest BCUT2D eigenvalue weighted by atomic mass is 35.5. The smallest absolute Gasteiger partial charge is 0.474 e. The number of ether oxygens (including phenoxy) is 1. The summed E-state index contributed by atoms with van der Waals surface area (Å²) in [5.74, 6) is -3.09. The van der Waals surface area contributed by atoms with E-state index in [0.717, 1.165) is 12.1 Å². The molecule has 3 nitrogen and oxygen atoms in total. The highest BCUT2D eigenvalue weighted by molar-refractivity contribution is 6.40. The van der Waals surface area contributed by atoms with E-state index in [-0.39, 0.29) is 15.1 Å². The van der Waals surface area contributed by atoms with Gasteiger partial charge in [0.15, 0.2) is 5.75 Å². The topological polar surface area (TPSA) is 46.5 Å². The van der Waals surface area contributed by atoms with Crippen LogP contribution in [0.5, 0.6) is 5.75 Å². The van der Waals surface area contributed by atoms with Crippen molar-refractivity contribution in [3.8, 4) is 5.75 Å². The summed E-state index contributed by atoms with van der Waals surface area (Å²) in [6.45, 7) is 0. The Morgan fingerprint density at radius 3 is 2.06 bits per heavy atom. The summed E-state index contributed by atoms with van der Waals surface area (Å²) in [6, 6.07) is 2.20. The van der Waals surface area contributed by atoms with Crippen molar-refractivity contribution < 1.29 is 23.4 Å². The van der Waals surface area contributed by atoms with Crippen molar-refractivity contribution in [1.82, 2.24) is 0 Å². The number of rotatable bonds is 3. The quantitative estimate of drug-likeness (QED) is 0.923. The molecule has 1 aromatic rings. The van der Waals surface area contributed by atoms with Gasteiger partial charge in [-0.15, -0.1) is 0 Å². The predicted octanol–water partition coefficient (Wildman–Crippen LogP) is 3.70. The van der Waals surface area contributed by atoms with Crippen LogP contribution in [0.25, 0.3) is 0 Å². The number of carboxylic acid groups (broad SMARTS) is 1. The third kappa shape index (κ3) is 2.87. The van der Waals surface area contributed by atoms with Crippen LogP contribution in [0.4, 0.5) is 8.78 Å². The lowest BCUT2D eigenvalue weighted by atomic mass is 10.3. The molecule has 0 saturated heterocycles. The van der Waals surface area contributed by atoms with Crippen molar-refractivity contribution in [2.45, 2.75) is 6.11 Å². The van der Waals surface area contributed by atoms with Crippen LogP contribution >= 0.6 is 34.8 Å². The molecule has 0 aromatic heterocycles. The molecule has 88 valence electrons. The van der Waals surface area contributed by atoms with E-state index in [1.165, 1.54) is 0 Å². The number of carboxylic acids is 1.